The second-order valence-corrected chi connectivity index (χ2v) is 38.9. The van der Waals surface area contributed by atoms with Gasteiger partial charge in [0.2, 0.25) is 0 Å². The molecular weight excluding hydrogens is 1780 g/mol. The van der Waals surface area contributed by atoms with Gasteiger partial charge < -0.3 is 13.2 Å². The average Bonchev–Trinajstić information content (AvgIpc) is 1.53. The topological polar surface area (TPSA) is 105 Å². The van der Waals surface area contributed by atoms with Crippen molar-refractivity contribution in [2.75, 3.05) is 0 Å². The van der Waals surface area contributed by atoms with Crippen molar-refractivity contribution >= 4 is 267 Å². The number of rotatable bonds is 6. The highest BCUT2D eigenvalue weighted by atomic mass is 15.1. The van der Waals surface area contributed by atoms with Gasteiger partial charge in [-0.2, -0.15) is 0 Å². The van der Waals surface area contributed by atoms with Gasteiger partial charge in [-0.15, -0.1) is 0 Å². The maximum absolute atomic E-state index is 5.57. The molecule has 0 fully saturated rings. The normalized spacial score (nSPS) is 12.4. The van der Waals surface area contributed by atoms with Gasteiger partial charge in [0.15, 0.2) is 17.5 Å². The van der Waals surface area contributed by atoms with Crippen LogP contribution in [-0.4, -0.2) is 56.8 Å². The highest BCUT2D eigenvalue weighted by molar-refractivity contribution is 6.38. The van der Waals surface area contributed by atoms with E-state index in [0.29, 0.717) is 0 Å². The van der Waals surface area contributed by atoms with E-state index in [-0.39, 0.29) is 0 Å². The average molecular weight is 1850 g/mol. The summed E-state index contributed by atoms with van der Waals surface area (Å²) >= 11 is 0. The van der Waals surface area contributed by atoms with Crippen molar-refractivity contribution in [2.45, 2.75) is 0 Å². The van der Waals surface area contributed by atoms with Gasteiger partial charge in [0.1, 0.15) is 17.1 Å². The lowest BCUT2D eigenvalue weighted by Gasteiger charge is -2.16. The Kier molecular flexibility index (Phi) is 16.2. The maximum atomic E-state index is 5.57. The second kappa shape index (κ2) is 29.9. The van der Waals surface area contributed by atoms with Crippen molar-refractivity contribution in [3.05, 3.63) is 461 Å². The molecule has 23 aromatic carbocycles. The van der Waals surface area contributed by atoms with Crippen molar-refractivity contribution in [3.63, 3.8) is 0 Å². The van der Waals surface area contributed by atoms with Crippen LogP contribution in [0.3, 0.4) is 0 Å². The Bertz CT molecular complexity index is 11800. The molecule has 672 valence electrons. The van der Waals surface area contributed by atoms with Crippen LogP contribution in [0, 0.1) is 0 Å². The highest BCUT2D eigenvalue weighted by Crippen LogP contribution is 2.53. The third kappa shape index (κ3) is 10.8. The zero-order chi connectivity index (χ0) is 94.9. The van der Waals surface area contributed by atoms with Crippen molar-refractivity contribution < 1.29 is 0 Å². The molecule has 0 saturated heterocycles. The zero-order valence-electron chi connectivity index (χ0n) is 78.2. The molecule has 0 atom stereocenters. The lowest BCUT2D eigenvalue weighted by atomic mass is 10.0. The quantitative estimate of drug-likeness (QED) is 0.154. The summed E-state index contributed by atoms with van der Waals surface area (Å²) in [5, 5.41) is 34.0. The van der Waals surface area contributed by atoms with Gasteiger partial charge in [-0.3, -0.25) is 13.7 Å². The largest absolute Gasteiger partial charge is 0.308 e. The molecule has 12 nitrogen and oxygen atoms in total. The monoisotopic (exact) mass is 1850 g/mol. The predicted octanol–water partition coefficient (Wildman–Crippen LogP) is 34.4. The molecule has 35 rings (SSSR count). The number of nitrogens with zero attached hydrogens (tertiary/aromatic N) is 12. The summed E-state index contributed by atoms with van der Waals surface area (Å²) in [7, 11) is 0. The number of benzene rings is 23. The molecule has 0 unspecified atom stereocenters. The smallest absolute Gasteiger partial charge is 0.165 e. The van der Waals surface area contributed by atoms with Crippen LogP contribution < -0.4 is 0 Å². The van der Waals surface area contributed by atoms with Crippen LogP contribution in [0.5, 0.6) is 0 Å². The first kappa shape index (κ1) is 79.0. The van der Waals surface area contributed by atoms with E-state index in [0.717, 1.165) is 150 Å². The van der Waals surface area contributed by atoms with Gasteiger partial charge in [-0.05, 0) is 122 Å². The van der Waals surface area contributed by atoms with Gasteiger partial charge >= 0.3 is 0 Å². The van der Waals surface area contributed by atoms with Gasteiger partial charge in [-0.1, -0.05) is 382 Å². The summed E-state index contributed by atoms with van der Waals surface area (Å²) in [6, 6.07) is 166. The van der Waals surface area contributed by atoms with Crippen LogP contribution in [0.1, 0.15) is 0 Å². The van der Waals surface area contributed by atoms with E-state index < -0.39 is 0 Å². The Labute approximate surface area is 829 Å². The lowest BCUT2D eigenvalue weighted by molar-refractivity contribution is 1.08. The van der Waals surface area contributed by atoms with Crippen molar-refractivity contribution in [2.24, 2.45) is 0 Å². The minimum Gasteiger partial charge on any atom is -0.308 e. The van der Waals surface area contributed by atoms with E-state index in [2.05, 4.69) is 488 Å². The summed E-state index contributed by atoms with van der Waals surface area (Å²) in [6.07, 6.45) is 0. The molecule has 0 aliphatic heterocycles. The van der Waals surface area contributed by atoms with Crippen LogP contribution >= 0.6 is 0 Å². The summed E-state index contributed by atoms with van der Waals surface area (Å²) in [6.45, 7) is 0. The Morgan fingerprint density at radius 1 is 0.137 bits per heavy atom. The van der Waals surface area contributed by atoms with Crippen LogP contribution in [0.25, 0.3) is 318 Å². The lowest BCUT2D eigenvalue weighted by Crippen LogP contribution is -2.04. The molecule has 0 amide bonds. The maximum Gasteiger partial charge on any atom is 0.165 e. The van der Waals surface area contributed by atoms with Crippen LogP contribution in [0.4, 0.5) is 0 Å². The van der Waals surface area contributed by atoms with Gasteiger partial charge in [0, 0.05) is 124 Å². The standard InChI is InChI=1S/2C46H26N4.C42H24N4/c1-2-13-28(14-3-1)42-46(47-36-25-24-27-12-4-6-16-30(27)43(36)48-42)49-38-23-11-19-33-35-21-10-20-34-32-18-8-9-22-37(32)50(44(34)35)45-31-17-7-5-15-29(31)26-39(49)41(45)40(33)38;1-2-13-28(14-3-1)42-46(47-36-25-24-27-12-4-6-16-30(27)43(36)48-42)50-38-23-11-19-33-35-21-10-20-34-32-18-8-9-22-37(32)49(44(34)35)39-26-29-15-5-7-17-31(29)45(50)41(39)40(33)38;1-2-12-26(13-3-1)39-42(43-32-24-23-25-11-4-5-14-27(25)40(32)44-39)46-34-20-9-16-29-31-18-8-17-30-28-15-6-7-19-33(28)45(41(30)31)35-21-10-22-36(46)38(35)37(29)34/h2*1-26H;1-24H. The number of para-hydroxylation sites is 6. The third-order valence-corrected chi connectivity index (χ3v) is 31.4. The Balaban J connectivity index is 0.0000000958. The van der Waals surface area contributed by atoms with E-state index >= 15 is 0 Å². The number of hydrogen-bond donors (Lipinski definition) is 0. The number of aromatic nitrogens is 12. The summed E-state index contributed by atoms with van der Waals surface area (Å²) in [4.78, 5) is 33.0. The van der Waals surface area contributed by atoms with Gasteiger partial charge in [-0.25, -0.2) is 29.9 Å². The zero-order valence-corrected chi connectivity index (χ0v) is 78.2. The van der Waals surface area contributed by atoms with Gasteiger partial charge in [0.05, 0.1) is 116 Å². The molecule has 0 aliphatic carbocycles. The van der Waals surface area contributed by atoms with E-state index in [1.54, 1.807) is 0 Å². The van der Waals surface area contributed by atoms with E-state index in [1.165, 1.54) is 168 Å². The minimum absolute atomic E-state index is 0.828. The second-order valence-electron chi connectivity index (χ2n) is 38.9. The Morgan fingerprint density at radius 2 is 0.404 bits per heavy atom. The van der Waals surface area contributed by atoms with Crippen molar-refractivity contribution in [1.29, 1.82) is 0 Å². The van der Waals surface area contributed by atoms with Crippen LogP contribution in [0.2, 0.25) is 0 Å². The van der Waals surface area contributed by atoms with Crippen molar-refractivity contribution in [3.8, 4) is 51.2 Å². The number of hydrogen-bond acceptors (Lipinski definition) is 6. The highest BCUT2D eigenvalue weighted by Gasteiger charge is 2.32. The molecule has 0 N–H and O–H groups in total. The molecule has 35 aromatic rings. The minimum atomic E-state index is 0.828. The molecule has 0 radical (unpaired) electrons. The molecule has 0 aliphatic rings. The molecule has 0 saturated carbocycles. The number of fused-ring (bicyclic) bond motifs is 28. The third-order valence-electron chi connectivity index (χ3n) is 31.4. The first-order valence-corrected chi connectivity index (χ1v) is 49.9. The first-order chi connectivity index (χ1) is 72.5. The SMILES string of the molecule is c1ccc(-c2nc3c(ccc4ccccc43)nc2-n2c3cccc4c5cccc6c7ccccc7n(c56)c5c6ccccc6cc2c5c43)cc1.c1ccc(-c2nc3c(ccc4ccccc43)nc2-n2c3cccc4c5cccc6c7ccccc7n(c7cc8ccccc8c2c7c43)c56)cc1.c1ccc(-c2nc3c(ccc4ccccc43)nc2-n2c3cccc4c5cccc6c7ccccc7n(c7cccc2c7c43)c56)cc1. The fourth-order valence-electron chi connectivity index (χ4n) is 25.4. The van der Waals surface area contributed by atoms with Crippen LogP contribution in [0.15, 0.2) is 461 Å². The van der Waals surface area contributed by atoms with E-state index in [9.17, 15) is 0 Å². The molecule has 0 bridgehead atoms. The molecule has 12 heterocycles. The fourth-order valence-corrected chi connectivity index (χ4v) is 25.4. The Morgan fingerprint density at radius 3 is 0.836 bits per heavy atom. The summed E-state index contributed by atoms with van der Waals surface area (Å²) in [5.41, 5.74) is 28.8. The first-order valence-electron chi connectivity index (χ1n) is 49.9. The van der Waals surface area contributed by atoms with Crippen LogP contribution in [-0.2, 0) is 0 Å². The fraction of sp³-hybridized carbons (Fsp3) is 0. The molecule has 146 heavy (non-hydrogen) atoms. The molecule has 12 aromatic heterocycles. The molecular formula is C134H76N12. The predicted molar refractivity (Wildman–Crippen MR) is 609 cm³/mol. The van der Waals surface area contributed by atoms with E-state index in [1.807, 2.05) is 0 Å². The Hall–Kier alpha value is -19.8. The molecule has 0 spiro atoms. The van der Waals surface area contributed by atoms with Crippen molar-refractivity contribution in [1.82, 2.24) is 56.8 Å². The van der Waals surface area contributed by atoms with E-state index in [4.69, 9.17) is 29.9 Å². The molecule has 12 heteroatoms. The summed E-state index contributed by atoms with van der Waals surface area (Å²) < 4.78 is 14.6. The van der Waals surface area contributed by atoms with Gasteiger partial charge in [0.25, 0.3) is 0 Å². The summed E-state index contributed by atoms with van der Waals surface area (Å²) in [5.74, 6) is 2.49.